The van der Waals surface area contributed by atoms with Gasteiger partial charge in [-0.1, -0.05) is 68.7 Å². The van der Waals surface area contributed by atoms with Gasteiger partial charge < -0.3 is 5.11 Å². The zero-order valence-electron chi connectivity index (χ0n) is 13.2. The normalized spacial score (nSPS) is 21.1. The van der Waals surface area contributed by atoms with Gasteiger partial charge in [0.05, 0.1) is 6.10 Å². The summed E-state index contributed by atoms with van der Waals surface area (Å²) < 4.78 is 0. The van der Waals surface area contributed by atoms with Crippen LogP contribution in [0.5, 0.6) is 0 Å². The zero-order chi connectivity index (χ0) is 14.9. The number of aliphatic hydroxyl groups excluding tert-OH is 1. The van der Waals surface area contributed by atoms with Gasteiger partial charge in [-0.2, -0.15) is 0 Å². The van der Waals surface area contributed by atoms with Gasteiger partial charge in [-0.3, -0.25) is 0 Å². The van der Waals surface area contributed by atoms with Crippen LogP contribution < -0.4 is 0 Å². The summed E-state index contributed by atoms with van der Waals surface area (Å²) in [4.78, 5) is 0. The average Bonchev–Trinajstić information content (AvgIpc) is 2.93. The van der Waals surface area contributed by atoms with Crippen molar-refractivity contribution in [2.24, 2.45) is 0 Å². The average molecular weight is 284 g/mol. The van der Waals surface area contributed by atoms with Crippen molar-refractivity contribution in [3.05, 3.63) is 53.6 Å². The highest BCUT2D eigenvalue weighted by Crippen LogP contribution is 2.33. The molecule has 2 rings (SSSR count). The van der Waals surface area contributed by atoms with Gasteiger partial charge in [0, 0.05) is 0 Å². The largest absolute Gasteiger partial charge is 0.389 e. The van der Waals surface area contributed by atoms with E-state index in [-0.39, 0.29) is 6.10 Å². The molecule has 1 heteroatoms. The van der Waals surface area contributed by atoms with Gasteiger partial charge in [-0.05, 0) is 48.8 Å². The monoisotopic (exact) mass is 284 g/mol. The number of rotatable bonds is 7. The molecule has 0 radical (unpaired) electrons. The molecule has 1 aromatic rings. The summed E-state index contributed by atoms with van der Waals surface area (Å²) in [5, 5.41) is 10.2. The molecule has 0 bridgehead atoms. The number of benzene rings is 1. The van der Waals surface area contributed by atoms with Gasteiger partial charge in [0.2, 0.25) is 0 Å². The van der Waals surface area contributed by atoms with Crippen molar-refractivity contribution in [2.75, 3.05) is 0 Å². The van der Waals surface area contributed by atoms with E-state index >= 15 is 0 Å². The Morgan fingerprint density at radius 2 is 2.00 bits per heavy atom. The fraction of sp³-hybridized carbons (Fsp3) is 0.500. The fourth-order valence-corrected chi connectivity index (χ4v) is 3.04. The van der Waals surface area contributed by atoms with Gasteiger partial charge in [0.1, 0.15) is 0 Å². The highest BCUT2D eigenvalue weighted by atomic mass is 16.3. The predicted molar refractivity (Wildman–Crippen MR) is 91.1 cm³/mol. The Hall–Kier alpha value is -1.34. The predicted octanol–water partition coefficient (Wildman–Crippen LogP) is 5.51. The lowest BCUT2D eigenvalue weighted by atomic mass is 9.96. The van der Waals surface area contributed by atoms with E-state index in [4.69, 9.17) is 0 Å². The second-order valence-electron chi connectivity index (χ2n) is 5.96. The summed E-state index contributed by atoms with van der Waals surface area (Å²) in [7, 11) is 0. The first-order chi connectivity index (χ1) is 10.3. The topological polar surface area (TPSA) is 20.2 Å². The van der Waals surface area contributed by atoms with Crippen LogP contribution in [0.4, 0.5) is 0 Å². The van der Waals surface area contributed by atoms with Crippen LogP contribution in [-0.2, 0) is 0 Å². The lowest BCUT2D eigenvalue weighted by molar-refractivity contribution is 0.218. The molecule has 1 N–H and O–H groups in total. The molecule has 1 aliphatic carbocycles. The highest BCUT2D eigenvalue weighted by Gasteiger charge is 2.21. The number of hydrogen-bond acceptors (Lipinski definition) is 1. The molecule has 1 saturated carbocycles. The van der Waals surface area contributed by atoms with Gasteiger partial charge in [-0.25, -0.2) is 0 Å². The van der Waals surface area contributed by atoms with Crippen LogP contribution in [0.3, 0.4) is 0 Å². The van der Waals surface area contributed by atoms with Crippen molar-refractivity contribution in [2.45, 2.75) is 64.4 Å². The Balaban J connectivity index is 2.09. The third kappa shape index (κ3) is 4.86. The molecule has 0 heterocycles. The molecule has 1 fully saturated rings. The van der Waals surface area contributed by atoms with Crippen LogP contribution in [0.2, 0.25) is 0 Å². The summed E-state index contributed by atoms with van der Waals surface area (Å²) in [6, 6.07) is 10.5. The van der Waals surface area contributed by atoms with E-state index in [2.05, 4.69) is 43.3 Å². The van der Waals surface area contributed by atoms with Crippen LogP contribution in [-0.4, -0.2) is 11.2 Å². The van der Waals surface area contributed by atoms with E-state index in [0.717, 1.165) is 25.7 Å². The van der Waals surface area contributed by atoms with Crippen molar-refractivity contribution in [1.82, 2.24) is 0 Å². The summed E-state index contributed by atoms with van der Waals surface area (Å²) in [5.41, 5.74) is 3.71. The van der Waals surface area contributed by atoms with E-state index in [0.29, 0.717) is 0 Å². The number of allylic oxidation sites excluding steroid dienone is 3. The maximum atomic E-state index is 10.2. The Kier molecular flexibility index (Phi) is 6.75. The maximum Gasteiger partial charge on any atom is 0.0759 e. The molecular formula is C20H28O. The molecule has 0 spiro atoms. The first-order valence-electron chi connectivity index (χ1n) is 8.46. The van der Waals surface area contributed by atoms with Crippen LogP contribution in [0.15, 0.2) is 48.1 Å². The molecule has 1 aromatic carbocycles. The van der Waals surface area contributed by atoms with Crippen LogP contribution >= 0.6 is 0 Å². The van der Waals surface area contributed by atoms with Crippen LogP contribution in [0.25, 0.3) is 5.57 Å². The number of hydrogen-bond donors (Lipinski definition) is 1. The Morgan fingerprint density at radius 3 is 2.67 bits per heavy atom. The molecule has 1 aliphatic rings. The quantitative estimate of drug-likeness (QED) is 0.654. The molecule has 1 unspecified atom stereocenters. The lowest BCUT2D eigenvalue weighted by Gasteiger charge is -2.11. The summed E-state index contributed by atoms with van der Waals surface area (Å²) >= 11 is 0. The Bertz CT molecular complexity index is 470. The van der Waals surface area contributed by atoms with E-state index in [9.17, 15) is 5.11 Å². The standard InChI is InChI=1S/C20H28O/c1-2-3-4-5-6-10-14-18(17-12-8-7-9-13-17)19-15-11-16-20(19)21/h7-10,12-14,20-21H,2-6,11,15-16H2,1H3/b14-10+,19-18-. The Labute approximate surface area is 129 Å². The van der Waals surface area contributed by atoms with E-state index < -0.39 is 0 Å². The molecule has 1 nitrogen and oxygen atoms in total. The van der Waals surface area contributed by atoms with E-state index in [1.807, 2.05) is 6.07 Å². The lowest BCUT2D eigenvalue weighted by Crippen LogP contribution is -2.04. The summed E-state index contributed by atoms with van der Waals surface area (Å²) in [6.07, 6.45) is 13.7. The fourth-order valence-electron chi connectivity index (χ4n) is 3.04. The molecule has 0 amide bonds. The molecule has 0 aromatic heterocycles. The minimum Gasteiger partial charge on any atom is -0.389 e. The van der Waals surface area contributed by atoms with Crippen molar-refractivity contribution >= 4 is 5.57 Å². The number of unbranched alkanes of at least 4 members (excludes halogenated alkanes) is 4. The molecule has 0 saturated heterocycles. The molecule has 1 atom stereocenters. The maximum absolute atomic E-state index is 10.2. The van der Waals surface area contributed by atoms with Gasteiger partial charge in [-0.15, -0.1) is 0 Å². The van der Waals surface area contributed by atoms with Crippen LogP contribution in [0.1, 0.15) is 63.9 Å². The molecule has 114 valence electrons. The second-order valence-corrected chi connectivity index (χ2v) is 5.96. The number of aliphatic hydroxyl groups is 1. The summed E-state index contributed by atoms with van der Waals surface area (Å²) in [6.45, 7) is 2.25. The first kappa shape index (κ1) is 16.0. The Morgan fingerprint density at radius 1 is 1.19 bits per heavy atom. The third-order valence-corrected chi connectivity index (χ3v) is 4.27. The van der Waals surface area contributed by atoms with Crippen molar-refractivity contribution < 1.29 is 5.11 Å². The second kappa shape index (κ2) is 8.84. The molecule has 21 heavy (non-hydrogen) atoms. The highest BCUT2D eigenvalue weighted by molar-refractivity contribution is 5.77. The van der Waals surface area contributed by atoms with Gasteiger partial charge >= 0.3 is 0 Å². The van der Waals surface area contributed by atoms with Crippen molar-refractivity contribution in [3.63, 3.8) is 0 Å². The van der Waals surface area contributed by atoms with Gasteiger partial charge in [0.25, 0.3) is 0 Å². The van der Waals surface area contributed by atoms with Crippen molar-refractivity contribution in [1.29, 1.82) is 0 Å². The SMILES string of the molecule is CCCCCC/C=C/C(=C1\CCCC1O)c1ccccc1. The molecule has 0 aliphatic heterocycles. The minimum atomic E-state index is -0.245. The third-order valence-electron chi connectivity index (χ3n) is 4.27. The van der Waals surface area contributed by atoms with E-state index in [1.54, 1.807) is 0 Å². The van der Waals surface area contributed by atoms with Crippen LogP contribution in [0, 0.1) is 0 Å². The smallest absolute Gasteiger partial charge is 0.0759 e. The summed E-state index contributed by atoms with van der Waals surface area (Å²) in [5.74, 6) is 0. The van der Waals surface area contributed by atoms with Gasteiger partial charge in [0.15, 0.2) is 0 Å². The molecular weight excluding hydrogens is 256 g/mol. The van der Waals surface area contributed by atoms with E-state index in [1.165, 1.54) is 42.4 Å². The zero-order valence-corrected chi connectivity index (χ0v) is 13.2. The minimum absolute atomic E-state index is 0.245. The first-order valence-corrected chi connectivity index (χ1v) is 8.46. The van der Waals surface area contributed by atoms with Crippen molar-refractivity contribution in [3.8, 4) is 0 Å².